The fraction of sp³-hybridized carbons (Fsp3) is 0.400. The molecule has 0 heterocycles. The summed E-state index contributed by atoms with van der Waals surface area (Å²) in [5, 5.41) is 0. The summed E-state index contributed by atoms with van der Waals surface area (Å²) < 4.78 is 0. The van der Waals surface area contributed by atoms with Crippen LogP contribution in [0.1, 0.15) is 41.9 Å². The van der Waals surface area contributed by atoms with Crippen molar-refractivity contribution in [3.05, 3.63) is 47.0 Å². The fourth-order valence-corrected chi connectivity index (χ4v) is 2.54. The van der Waals surface area contributed by atoms with Gasteiger partial charge in [0.05, 0.1) is 0 Å². The zero-order valence-electron chi connectivity index (χ0n) is 10.0. The lowest BCUT2D eigenvalue weighted by Crippen LogP contribution is -2.15. The summed E-state index contributed by atoms with van der Waals surface area (Å²) in [5.41, 5.74) is 4.83. The van der Waals surface area contributed by atoms with Gasteiger partial charge in [-0.3, -0.25) is 4.79 Å². The molecule has 0 spiro atoms. The lowest BCUT2D eigenvalue weighted by Gasteiger charge is -2.24. The highest BCUT2D eigenvalue weighted by Crippen LogP contribution is 2.35. The van der Waals surface area contributed by atoms with Gasteiger partial charge < -0.3 is 0 Å². The summed E-state index contributed by atoms with van der Waals surface area (Å²) in [5.74, 6) is 0.742. The molecule has 1 heteroatoms. The zero-order chi connectivity index (χ0) is 11.7. The number of hydrogen-bond acceptors (Lipinski definition) is 1. The van der Waals surface area contributed by atoms with Crippen LogP contribution >= 0.6 is 0 Å². The first-order valence-electron chi connectivity index (χ1n) is 5.86. The summed E-state index contributed by atoms with van der Waals surface area (Å²) in [4.78, 5) is 11.4. The van der Waals surface area contributed by atoms with Crippen LogP contribution in [-0.4, -0.2) is 5.78 Å². The summed E-state index contributed by atoms with van der Waals surface area (Å²) in [6, 6.07) is 6.58. The third kappa shape index (κ3) is 2.08. The molecular weight excluding hydrogens is 196 g/mol. The smallest absolute Gasteiger partial charge is 0.158 e. The minimum atomic E-state index is 0.251. The molecule has 1 atom stereocenters. The van der Waals surface area contributed by atoms with Crippen molar-refractivity contribution in [2.75, 3.05) is 0 Å². The predicted octanol–water partition coefficient (Wildman–Crippen LogP) is 3.70. The molecule has 1 aromatic carbocycles. The molecule has 0 amide bonds. The van der Waals surface area contributed by atoms with Gasteiger partial charge in [0, 0.05) is 6.42 Å². The maximum Gasteiger partial charge on any atom is 0.158 e. The van der Waals surface area contributed by atoms with Crippen molar-refractivity contribution in [2.24, 2.45) is 0 Å². The molecule has 84 valence electrons. The van der Waals surface area contributed by atoms with Crippen LogP contribution in [0.4, 0.5) is 0 Å². The van der Waals surface area contributed by atoms with Gasteiger partial charge in [0.15, 0.2) is 5.78 Å². The number of Topliss-reactive ketones (excluding diaryl/α,β-unsaturated/α-hetero) is 1. The number of hydrogen-bond donors (Lipinski definition) is 0. The van der Waals surface area contributed by atoms with Crippen molar-refractivity contribution in [3.63, 3.8) is 0 Å². The van der Waals surface area contributed by atoms with E-state index >= 15 is 0 Å². The Morgan fingerprint density at radius 2 is 2.06 bits per heavy atom. The lowest BCUT2D eigenvalue weighted by atomic mass is 9.79. The van der Waals surface area contributed by atoms with E-state index in [1.54, 1.807) is 0 Å². The average molecular weight is 214 g/mol. The molecule has 1 saturated carbocycles. The number of ketones is 1. The second-order valence-corrected chi connectivity index (χ2v) is 4.83. The number of carbonyl (C=O) groups is 1. The van der Waals surface area contributed by atoms with Crippen molar-refractivity contribution < 1.29 is 4.79 Å². The largest absolute Gasteiger partial charge is 0.295 e. The Balaban J connectivity index is 2.25. The molecule has 0 radical (unpaired) electrons. The van der Waals surface area contributed by atoms with E-state index < -0.39 is 0 Å². The quantitative estimate of drug-likeness (QED) is 0.651. The van der Waals surface area contributed by atoms with Gasteiger partial charge in [-0.15, -0.1) is 0 Å². The Morgan fingerprint density at radius 3 is 2.69 bits per heavy atom. The minimum Gasteiger partial charge on any atom is -0.295 e. The van der Waals surface area contributed by atoms with Crippen molar-refractivity contribution in [1.29, 1.82) is 0 Å². The second kappa shape index (κ2) is 4.25. The van der Waals surface area contributed by atoms with Crippen LogP contribution in [0.5, 0.6) is 0 Å². The van der Waals surface area contributed by atoms with Crippen molar-refractivity contribution >= 4 is 5.78 Å². The monoisotopic (exact) mass is 214 g/mol. The van der Waals surface area contributed by atoms with E-state index in [0.29, 0.717) is 12.3 Å². The molecule has 1 aliphatic rings. The molecule has 0 saturated heterocycles. The van der Waals surface area contributed by atoms with Crippen molar-refractivity contribution in [1.82, 2.24) is 0 Å². The van der Waals surface area contributed by atoms with Crippen LogP contribution in [0.3, 0.4) is 0 Å². The Kier molecular flexibility index (Phi) is 2.95. The van der Waals surface area contributed by atoms with Crippen LogP contribution in [0.2, 0.25) is 0 Å². The molecule has 0 bridgehead atoms. The molecule has 1 aromatic rings. The first-order chi connectivity index (χ1) is 7.58. The zero-order valence-corrected chi connectivity index (χ0v) is 10.0. The molecule has 0 N–H and O–H groups in total. The Labute approximate surface area is 97.2 Å². The van der Waals surface area contributed by atoms with Crippen molar-refractivity contribution in [3.8, 4) is 0 Å². The van der Waals surface area contributed by atoms with E-state index in [2.05, 4.69) is 38.6 Å². The molecule has 1 aliphatic carbocycles. The van der Waals surface area contributed by atoms with Crippen LogP contribution < -0.4 is 0 Å². The lowest BCUT2D eigenvalue weighted by molar-refractivity contribution is -0.116. The molecule has 2 rings (SSSR count). The summed E-state index contributed by atoms with van der Waals surface area (Å²) >= 11 is 0. The van der Waals surface area contributed by atoms with Gasteiger partial charge in [-0.1, -0.05) is 30.3 Å². The fourth-order valence-electron chi connectivity index (χ4n) is 2.54. The van der Waals surface area contributed by atoms with Gasteiger partial charge in [-0.05, 0) is 49.3 Å². The van der Waals surface area contributed by atoms with Crippen LogP contribution in [0, 0.1) is 13.8 Å². The number of carbonyl (C=O) groups excluding carboxylic acids is 1. The Hall–Kier alpha value is -1.37. The van der Waals surface area contributed by atoms with E-state index in [1.807, 2.05) is 0 Å². The molecule has 1 nitrogen and oxygen atoms in total. The highest BCUT2D eigenvalue weighted by molar-refractivity contribution is 5.95. The summed E-state index contributed by atoms with van der Waals surface area (Å²) in [6.07, 6.45) is 2.47. The Bertz CT molecular complexity index is 443. The highest BCUT2D eigenvalue weighted by atomic mass is 16.1. The standard InChI is InChI=1S/C15H18O/c1-10-4-6-14(11(2)8-10)13-5-7-15(16)12(3)9-13/h4,6,8,13H,3,5,7,9H2,1-2H3. The third-order valence-electron chi connectivity index (χ3n) is 3.47. The maximum absolute atomic E-state index is 11.4. The first kappa shape index (κ1) is 11.1. The van der Waals surface area contributed by atoms with E-state index in [4.69, 9.17) is 0 Å². The maximum atomic E-state index is 11.4. The molecule has 1 fully saturated rings. The van der Waals surface area contributed by atoms with Crippen LogP contribution in [0.25, 0.3) is 0 Å². The number of aryl methyl sites for hydroxylation is 2. The van der Waals surface area contributed by atoms with Gasteiger partial charge in [0.25, 0.3) is 0 Å². The molecule has 1 unspecified atom stereocenters. The summed E-state index contributed by atoms with van der Waals surface area (Å²) in [7, 11) is 0. The van der Waals surface area contributed by atoms with Gasteiger partial charge in [0.1, 0.15) is 0 Å². The SMILES string of the molecule is C=C1CC(c2ccc(C)cc2C)CCC1=O. The van der Waals surface area contributed by atoms with Gasteiger partial charge >= 0.3 is 0 Å². The molecule has 16 heavy (non-hydrogen) atoms. The molecule has 0 aromatic heterocycles. The number of rotatable bonds is 1. The second-order valence-electron chi connectivity index (χ2n) is 4.83. The van der Waals surface area contributed by atoms with Crippen molar-refractivity contribution in [2.45, 2.75) is 39.0 Å². The predicted molar refractivity (Wildman–Crippen MR) is 66.7 cm³/mol. The van der Waals surface area contributed by atoms with Gasteiger partial charge in [-0.2, -0.15) is 0 Å². The van der Waals surface area contributed by atoms with E-state index in [9.17, 15) is 4.79 Å². The number of benzene rings is 1. The summed E-state index contributed by atoms with van der Waals surface area (Å²) in [6.45, 7) is 8.13. The van der Waals surface area contributed by atoms with E-state index in [0.717, 1.165) is 18.4 Å². The number of allylic oxidation sites excluding steroid dienone is 1. The molecular formula is C15H18O. The highest BCUT2D eigenvalue weighted by Gasteiger charge is 2.23. The third-order valence-corrected chi connectivity index (χ3v) is 3.47. The van der Waals surface area contributed by atoms with E-state index in [-0.39, 0.29) is 5.78 Å². The Morgan fingerprint density at radius 1 is 1.31 bits per heavy atom. The normalized spacial score (nSPS) is 21.2. The van der Waals surface area contributed by atoms with E-state index in [1.165, 1.54) is 16.7 Å². The van der Waals surface area contributed by atoms with Gasteiger partial charge in [-0.25, -0.2) is 0 Å². The first-order valence-corrected chi connectivity index (χ1v) is 5.86. The molecule has 0 aliphatic heterocycles. The minimum absolute atomic E-state index is 0.251. The van der Waals surface area contributed by atoms with Crippen LogP contribution in [-0.2, 0) is 4.79 Å². The van der Waals surface area contributed by atoms with Gasteiger partial charge in [0.2, 0.25) is 0 Å². The van der Waals surface area contributed by atoms with Crippen LogP contribution in [0.15, 0.2) is 30.4 Å². The average Bonchev–Trinajstić information content (AvgIpc) is 2.22. The topological polar surface area (TPSA) is 17.1 Å².